The van der Waals surface area contributed by atoms with Crippen LogP contribution in [0.3, 0.4) is 0 Å². The van der Waals surface area contributed by atoms with Crippen molar-refractivity contribution in [3.05, 3.63) is 60.3 Å². The molecule has 1 saturated heterocycles. The maximum Gasteiger partial charge on any atom is 0.244 e. The third-order valence-corrected chi connectivity index (χ3v) is 5.51. The Morgan fingerprint density at radius 1 is 1.19 bits per heavy atom. The van der Waals surface area contributed by atoms with E-state index < -0.39 is 0 Å². The molecule has 1 aromatic heterocycles. The molecule has 134 valence electrons. The van der Waals surface area contributed by atoms with E-state index in [1.54, 1.807) is 24.4 Å². The van der Waals surface area contributed by atoms with E-state index in [0.717, 1.165) is 49.4 Å². The number of rotatable bonds is 6. The van der Waals surface area contributed by atoms with Gasteiger partial charge in [0.25, 0.3) is 0 Å². The second kappa shape index (κ2) is 7.20. The average Bonchev–Trinajstić information content (AvgIpc) is 3.11. The Kier molecular flexibility index (Phi) is 4.61. The van der Waals surface area contributed by atoms with Crippen LogP contribution in [0.1, 0.15) is 12.0 Å². The van der Waals surface area contributed by atoms with Crippen LogP contribution >= 0.6 is 0 Å². The van der Waals surface area contributed by atoms with Crippen molar-refractivity contribution >= 4 is 23.5 Å². The minimum absolute atomic E-state index is 0.0569. The molecule has 1 amide bonds. The van der Waals surface area contributed by atoms with E-state index in [2.05, 4.69) is 45.5 Å². The van der Waals surface area contributed by atoms with Gasteiger partial charge in [-0.2, -0.15) is 0 Å². The minimum atomic E-state index is -0.0569. The Morgan fingerprint density at radius 3 is 2.65 bits per heavy atom. The molecule has 1 aromatic carbocycles. The Balaban J connectivity index is 1.17. The molecule has 1 aliphatic carbocycles. The molecule has 5 nitrogen and oxygen atoms in total. The first-order valence-electron chi connectivity index (χ1n) is 9.18. The zero-order chi connectivity index (χ0) is 17.9. The second-order valence-corrected chi connectivity index (χ2v) is 7.16. The number of hydrogen-bond acceptors (Lipinski definition) is 4. The number of para-hydroxylation sites is 1. The molecule has 1 saturated carbocycles. The molecule has 2 fully saturated rings. The van der Waals surface area contributed by atoms with E-state index in [1.165, 1.54) is 5.69 Å². The Morgan fingerprint density at radius 2 is 1.96 bits per heavy atom. The monoisotopic (exact) mass is 348 g/mol. The summed E-state index contributed by atoms with van der Waals surface area (Å²) in [6.45, 7) is 3.04. The second-order valence-electron chi connectivity index (χ2n) is 7.16. The molecular formula is C21H24N4O. The number of benzene rings is 1. The Labute approximate surface area is 153 Å². The smallest absolute Gasteiger partial charge is 0.244 e. The van der Waals surface area contributed by atoms with Crippen LogP contribution in [0.4, 0.5) is 11.5 Å². The van der Waals surface area contributed by atoms with Crippen molar-refractivity contribution in [1.82, 2.24) is 10.3 Å². The normalized spacial score (nSPS) is 23.8. The Hall–Kier alpha value is -2.82. The fraction of sp³-hybridized carbons (Fsp3) is 0.333. The molecule has 0 bridgehead atoms. The summed E-state index contributed by atoms with van der Waals surface area (Å²) in [7, 11) is 0. The van der Waals surface area contributed by atoms with Gasteiger partial charge in [0.1, 0.15) is 5.82 Å². The highest BCUT2D eigenvalue weighted by Gasteiger charge is 2.54. The molecule has 1 unspecified atom stereocenters. The van der Waals surface area contributed by atoms with Crippen molar-refractivity contribution < 1.29 is 4.79 Å². The van der Waals surface area contributed by atoms with Crippen LogP contribution in [-0.4, -0.2) is 30.5 Å². The van der Waals surface area contributed by atoms with Crippen LogP contribution in [-0.2, 0) is 4.79 Å². The van der Waals surface area contributed by atoms with Gasteiger partial charge in [-0.15, -0.1) is 0 Å². The van der Waals surface area contributed by atoms with Crippen molar-refractivity contribution in [2.45, 2.75) is 6.42 Å². The molecule has 1 aliphatic heterocycles. The maximum atomic E-state index is 11.9. The molecule has 26 heavy (non-hydrogen) atoms. The lowest BCUT2D eigenvalue weighted by atomic mass is 10.2. The summed E-state index contributed by atoms with van der Waals surface area (Å²) in [6, 6.07) is 14.2. The topological polar surface area (TPSA) is 71.2 Å². The zero-order valence-corrected chi connectivity index (χ0v) is 14.7. The van der Waals surface area contributed by atoms with Gasteiger partial charge in [-0.25, -0.2) is 4.98 Å². The van der Waals surface area contributed by atoms with E-state index in [-0.39, 0.29) is 5.91 Å². The van der Waals surface area contributed by atoms with Gasteiger partial charge in [0, 0.05) is 37.6 Å². The van der Waals surface area contributed by atoms with Gasteiger partial charge < -0.3 is 16.0 Å². The summed E-state index contributed by atoms with van der Waals surface area (Å²) in [5.74, 6) is 2.78. The third-order valence-electron chi connectivity index (χ3n) is 5.51. The zero-order valence-electron chi connectivity index (χ0n) is 14.7. The number of carbonyl (C=O) groups excluding carboxylic acids is 1. The number of aromatic nitrogens is 1. The maximum absolute atomic E-state index is 11.9. The van der Waals surface area contributed by atoms with Crippen LogP contribution in [0.5, 0.6) is 0 Å². The summed E-state index contributed by atoms with van der Waals surface area (Å²) < 4.78 is 0. The van der Waals surface area contributed by atoms with Crippen molar-refractivity contribution in [3.63, 3.8) is 0 Å². The van der Waals surface area contributed by atoms with Crippen LogP contribution in [0.25, 0.3) is 6.08 Å². The number of piperidine rings is 1. The highest BCUT2D eigenvalue weighted by molar-refractivity contribution is 5.91. The van der Waals surface area contributed by atoms with Gasteiger partial charge in [-0.05, 0) is 60.1 Å². The van der Waals surface area contributed by atoms with Crippen LogP contribution < -0.4 is 16.0 Å². The lowest BCUT2D eigenvalue weighted by molar-refractivity contribution is -0.116. The molecule has 2 heterocycles. The molecule has 3 atom stereocenters. The predicted octanol–water partition coefficient (Wildman–Crippen LogP) is 2.57. The highest BCUT2D eigenvalue weighted by atomic mass is 16.1. The molecule has 3 N–H and O–H groups in total. The fourth-order valence-electron chi connectivity index (χ4n) is 4.04. The van der Waals surface area contributed by atoms with Crippen molar-refractivity contribution in [3.8, 4) is 0 Å². The van der Waals surface area contributed by atoms with Crippen molar-refractivity contribution in [2.24, 2.45) is 17.8 Å². The van der Waals surface area contributed by atoms with Gasteiger partial charge in [-0.3, -0.25) is 4.79 Å². The van der Waals surface area contributed by atoms with Gasteiger partial charge >= 0.3 is 0 Å². The molecule has 2 aromatic rings. The van der Waals surface area contributed by atoms with Gasteiger partial charge in [-0.1, -0.05) is 18.2 Å². The average molecular weight is 348 g/mol. The van der Waals surface area contributed by atoms with Crippen LogP contribution in [0, 0.1) is 17.8 Å². The lowest BCUT2D eigenvalue weighted by Crippen LogP contribution is -2.26. The molecular weight excluding hydrogens is 324 g/mol. The number of anilines is 2. The summed E-state index contributed by atoms with van der Waals surface area (Å²) in [5.41, 5.74) is 7.74. The molecule has 0 radical (unpaired) electrons. The van der Waals surface area contributed by atoms with Crippen molar-refractivity contribution in [2.75, 3.05) is 30.3 Å². The first kappa shape index (κ1) is 16.6. The van der Waals surface area contributed by atoms with E-state index in [1.807, 2.05) is 6.07 Å². The van der Waals surface area contributed by atoms with Gasteiger partial charge in [0.15, 0.2) is 0 Å². The predicted molar refractivity (Wildman–Crippen MR) is 104 cm³/mol. The van der Waals surface area contributed by atoms with Crippen molar-refractivity contribution in [1.29, 1.82) is 0 Å². The number of nitrogens with zero attached hydrogens (tertiary/aromatic N) is 2. The van der Waals surface area contributed by atoms with Crippen LogP contribution in [0.2, 0.25) is 0 Å². The number of nitrogen functional groups attached to an aromatic ring is 1. The lowest BCUT2D eigenvalue weighted by Gasteiger charge is -2.21. The molecule has 5 heteroatoms. The number of nitrogens with one attached hydrogen (secondary N) is 1. The SMILES string of the molecule is Nc1ccc(/C=C/C(=O)NCCC2[C@H]3CN(c4ccccc4)C[C@@H]23)cn1. The van der Waals surface area contributed by atoms with E-state index in [4.69, 9.17) is 5.73 Å². The standard InChI is InChI=1S/C21H24N4O/c22-20-8-6-15(12-24-20)7-9-21(26)23-11-10-17-18-13-25(14-19(17)18)16-4-2-1-3-5-16/h1-9,12,17-19H,10-11,13-14H2,(H2,22,24)(H,23,26)/b9-7+/t17?,18-,19+. The number of amides is 1. The third kappa shape index (κ3) is 3.72. The molecule has 2 aliphatic rings. The molecule has 4 rings (SSSR count). The van der Waals surface area contributed by atoms with Gasteiger partial charge in [0.2, 0.25) is 5.91 Å². The minimum Gasteiger partial charge on any atom is -0.384 e. The highest BCUT2D eigenvalue weighted by Crippen LogP contribution is 2.54. The number of hydrogen-bond donors (Lipinski definition) is 2. The number of fused-ring (bicyclic) bond motifs is 1. The van der Waals surface area contributed by atoms with Gasteiger partial charge in [0.05, 0.1) is 0 Å². The largest absolute Gasteiger partial charge is 0.384 e. The van der Waals surface area contributed by atoms with Crippen LogP contribution in [0.15, 0.2) is 54.7 Å². The number of pyridine rings is 1. The summed E-state index contributed by atoms with van der Waals surface area (Å²) >= 11 is 0. The summed E-state index contributed by atoms with van der Waals surface area (Å²) in [5, 5.41) is 2.98. The van der Waals surface area contributed by atoms with E-state index in [0.29, 0.717) is 5.82 Å². The quantitative estimate of drug-likeness (QED) is 0.787. The first-order valence-corrected chi connectivity index (χ1v) is 9.18. The van der Waals surface area contributed by atoms with E-state index in [9.17, 15) is 4.79 Å². The fourth-order valence-corrected chi connectivity index (χ4v) is 4.04. The molecule has 0 spiro atoms. The van der Waals surface area contributed by atoms with E-state index >= 15 is 0 Å². The first-order chi connectivity index (χ1) is 12.7. The number of nitrogens with two attached hydrogens (primary N) is 1. The number of carbonyl (C=O) groups is 1. The summed E-state index contributed by atoms with van der Waals surface area (Å²) in [4.78, 5) is 18.4. The summed E-state index contributed by atoms with van der Waals surface area (Å²) in [6.07, 6.45) is 6.04. The Bertz CT molecular complexity index is 775.